The standard InChI is InChI=1S/C13H15N3O3/c1-7-3-9(5-11(12(7)14)13(17)18)15-6-10-4-8(2)16-19-10/h3-5,15H,6,14H2,1-2H3,(H,17,18). The van der Waals surface area contributed by atoms with Gasteiger partial charge in [-0.15, -0.1) is 0 Å². The fraction of sp³-hybridized carbons (Fsp3) is 0.231. The predicted octanol–water partition coefficient (Wildman–Crippen LogP) is 2.18. The molecule has 100 valence electrons. The van der Waals surface area contributed by atoms with Crippen LogP contribution in [0.2, 0.25) is 0 Å². The molecule has 1 heterocycles. The van der Waals surface area contributed by atoms with E-state index in [4.69, 9.17) is 15.4 Å². The summed E-state index contributed by atoms with van der Waals surface area (Å²) in [6.07, 6.45) is 0. The van der Waals surface area contributed by atoms with E-state index in [1.54, 1.807) is 13.0 Å². The van der Waals surface area contributed by atoms with Crippen LogP contribution in [0.25, 0.3) is 0 Å². The molecule has 1 aromatic carbocycles. The lowest BCUT2D eigenvalue weighted by Gasteiger charge is -2.10. The zero-order valence-electron chi connectivity index (χ0n) is 10.7. The van der Waals surface area contributed by atoms with Crippen molar-refractivity contribution in [2.24, 2.45) is 0 Å². The third-order valence-electron chi connectivity index (χ3n) is 2.76. The van der Waals surface area contributed by atoms with Gasteiger partial charge in [0.25, 0.3) is 0 Å². The first-order chi connectivity index (χ1) is 8.97. The minimum atomic E-state index is -1.04. The first-order valence-electron chi connectivity index (χ1n) is 5.77. The zero-order chi connectivity index (χ0) is 14.0. The number of carbonyl (C=O) groups is 1. The number of benzene rings is 1. The lowest BCUT2D eigenvalue weighted by molar-refractivity contribution is 0.0698. The molecule has 0 aliphatic carbocycles. The van der Waals surface area contributed by atoms with Gasteiger partial charge in [-0.05, 0) is 31.5 Å². The van der Waals surface area contributed by atoms with Crippen molar-refractivity contribution >= 4 is 17.3 Å². The van der Waals surface area contributed by atoms with Crippen LogP contribution in [-0.4, -0.2) is 16.2 Å². The number of nitrogens with one attached hydrogen (secondary N) is 1. The second-order valence-corrected chi connectivity index (χ2v) is 4.35. The summed E-state index contributed by atoms with van der Waals surface area (Å²) in [6.45, 7) is 4.04. The summed E-state index contributed by atoms with van der Waals surface area (Å²) in [6, 6.07) is 5.12. The summed E-state index contributed by atoms with van der Waals surface area (Å²) in [4.78, 5) is 11.1. The molecular weight excluding hydrogens is 246 g/mol. The van der Waals surface area contributed by atoms with E-state index in [1.165, 1.54) is 6.07 Å². The van der Waals surface area contributed by atoms with Crippen LogP contribution < -0.4 is 11.1 Å². The van der Waals surface area contributed by atoms with Crippen LogP contribution in [-0.2, 0) is 6.54 Å². The Bertz CT molecular complexity index is 620. The quantitative estimate of drug-likeness (QED) is 0.729. The van der Waals surface area contributed by atoms with Gasteiger partial charge in [0, 0.05) is 17.4 Å². The molecule has 0 atom stereocenters. The van der Waals surface area contributed by atoms with E-state index < -0.39 is 5.97 Å². The number of carboxylic acids is 1. The van der Waals surface area contributed by atoms with Gasteiger partial charge in [-0.3, -0.25) is 0 Å². The van der Waals surface area contributed by atoms with E-state index in [2.05, 4.69) is 10.5 Å². The van der Waals surface area contributed by atoms with Crippen LogP contribution in [0.15, 0.2) is 22.7 Å². The Morgan fingerprint density at radius 1 is 1.42 bits per heavy atom. The van der Waals surface area contributed by atoms with Gasteiger partial charge in [0.15, 0.2) is 5.76 Å². The van der Waals surface area contributed by atoms with Crippen molar-refractivity contribution in [3.05, 3.63) is 40.8 Å². The molecule has 0 amide bonds. The van der Waals surface area contributed by atoms with Crippen LogP contribution in [0.5, 0.6) is 0 Å². The third kappa shape index (κ3) is 2.85. The molecule has 2 rings (SSSR count). The minimum Gasteiger partial charge on any atom is -0.478 e. The Morgan fingerprint density at radius 3 is 2.74 bits per heavy atom. The van der Waals surface area contributed by atoms with E-state index in [-0.39, 0.29) is 11.3 Å². The molecule has 0 saturated carbocycles. The van der Waals surface area contributed by atoms with Crippen molar-refractivity contribution in [1.82, 2.24) is 5.16 Å². The van der Waals surface area contributed by atoms with Crippen molar-refractivity contribution in [3.8, 4) is 0 Å². The van der Waals surface area contributed by atoms with Crippen LogP contribution in [0.4, 0.5) is 11.4 Å². The summed E-state index contributed by atoms with van der Waals surface area (Å²) in [5.74, 6) is -0.358. The normalized spacial score (nSPS) is 10.4. The van der Waals surface area contributed by atoms with E-state index in [9.17, 15) is 4.79 Å². The first kappa shape index (κ1) is 12.9. The van der Waals surface area contributed by atoms with Crippen LogP contribution >= 0.6 is 0 Å². The highest BCUT2D eigenvalue weighted by molar-refractivity contribution is 5.95. The number of hydrogen-bond acceptors (Lipinski definition) is 5. The number of carboxylic acid groups (broad SMARTS) is 1. The van der Waals surface area contributed by atoms with E-state index in [0.717, 1.165) is 11.3 Å². The lowest BCUT2D eigenvalue weighted by atomic mass is 10.1. The van der Waals surface area contributed by atoms with Crippen molar-refractivity contribution in [3.63, 3.8) is 0 Å². The van der Waals surface area contributed by atoms with Crippen molar-refractivity contribution in [2.75, 3.05) is 11.1 Å². The highest BCUT2D eigenvalue weighted by Crippen LogP contribution is 2.23. The number of hydrogen-bond donors (Lipinski definition) is 3. The molecule has 6 nitrogen and oxygen atoms in total. The van der Waals surface area contributed by atoms with Gasteiger partial charge in [0.2, 0.25) is 0 Å². The number of anilines is 2. The molecule has 6 heteroatoms. The van der Waals surface area contributed by atoms with E-state index >= 15 is 0 Å². The smallest absolute Gasteiger partial charge is 0.337 e. The molecule has 0 saturated heterocycles. The summed E-state index contributed by atoms with van der Waals surface area (Å²) in [5.41, 5.74) is 8.31. The molecular formula is C13H15N3O3. The van der Waals surface area contributed by atoms with Gasteiger partial charge < -0.3 is 20.7 Å². The maximum absolute atomic E-state index is 11.1. The maximum Gasteiger partial charge on any atom is 0.337 e. The van der Waals surface area contributed by atoms with Gasteiger partial charge >= 0.3 is 5.97 Å². The van der Waals surface area contributed by atoms with Crippen LogP contribution in [0.3, 0.4) is 0 Å². The molecule has 0 unspecified atom stereocenters. The molecule has 1 aromatic heterocycles. The molecule has 0 fully saturated rings. The fourth-order valence-electron chi connectivity index (χ4n) is 1.77. The summed E-state index contributed by atoms with van der Waals surface area (Å²) >= 11 is 0. The number of rotatable bonds is 4. The Kier molecular flexibility index (Phi) is 3.41. The second-order valence-electron chi connectivity index (χ2n) is 4.35. The largest absolute Gasteiger partial charge is 0.478 e. The number of nitrogens with two attached hydrogens (primary N) is 1. The monoisotopic (exact) mass is 261 g/mol. The van der Waals surface area contributed by atoms with E-state index in [1.807, 2.05) is 13.0 Å². The van der Waals surface area contributed by atoms with Gasteiger partial charge in [-0.25, -0.2) is 4.79 Å². The Balaban J connectivity index is 2.19. The summed E-state index contributed by atoms with van der Waals surface area (Å²) < 4.78 is 5.06. The van der Waals surface area contributed by atoms with Gasteiger partial charge in [-0.2, -0.15) is 0 Å². The predicted molar refractivity (Wildman–Crippen MR) is 71.1 cm³/mol. The van der Waals surface area contributed by atoms with Crippen molar-refractivity contribution in [1.29, 1.82) is 0 Å². The number of aromatic nitrogens is 1. The highest BCUT2D eigenvalue weighted by Gasteiger charge is 2.12. The average molecular weight is 261 g/mol. The molecule has 0 spiro atoms. The molecule has 0 radical (unpaired) electrons. The van der Waals surface area contributed by atoms with Crippen molar-refractivity contribution in [2.45, 2.75) is 20.4 Å². The maximum atomic E-state index is 11.1. The Labute approximate surface area is 110 Å². The topological polar surface area (TPSA) is 101 Å². The Morgan fingerprint density at radius 2 is 2.16 bits per heavy atom. The zero-order valence-corrected chi connectivity index (χ0v) is 10.7. The van der Waals surface area contributed by atoms with Crippen molar-refractivity contribution < 1.29 is 14.4 Å². The average Bonchev–Trinajstić information content (AvgIpc) is 2.76. The molecule has 2 aromatic rings. The SMILES string of the molecule is Cc1cc(CNc2cc(C)c(N)c(C(=O)O)c2)on1. The fourth-order valence-corrected chi connectivity index (χ4v) is 1.77. The second kappa shape index (κ2) is 5.01. The number of nitrogens with zero attached hydrogens (tertiary/aromatic N) is 1. The molecule has 0 bridgehead atoms. The number of aromatic carboxylic acids is 1. The molecule has 19 heavy (non-hydrogen) atoms. The van der Waals surface area contributed by atoms with Gasteiger partial charge in [0.1, 0.15) is 0 Å². The minimum absolute atomic E-state index is 0.0938. The number of aryl methyl sites for hydroxylation is 2. The molecule has 0 aliphatic heterocycles. The molecule has 0 aliphatic rings. The van der Waals surface area contributed by atoms with Gasteiger partial charge in [-0.1, -0.05) is 5.16 Å². The summed E-state index contributed by atoms with van der Waals surface area (Å²) in [5, 5.41) is 15.9. The van der Waals surface area contributed by atoms with Crippen LogP contribution in [0.1, 0.15) is 27.4 Å². The molecule has 4 N–H and O–H groups in total. The van der Waals surface area contributed by atoms with Crippen LogP contribution in [0, 0.1) is 13.8 Å². The first-order valence-corrected chi connectivity index (χ1v) is 5.77. The van der Waals surface area contributed by atoms with E-state index in [0.29, 0.717) is 18.0 Å². The van der Waals surface area contributed by atoms with Gasteiger partial charge in [0.05, 0.1) is 17.8 Å². The lowest BCUT2D eigenvalue weighted by Crippen LogP contribution is -2.07. The summed E-state index contributed by atoms with van der Waals surface area (Å²) in [7, 11) is 0. The number of nitrogen functional groups attached to an aromatic ring is 1. The Hall–Kier alpha value is -2.50. The third-order valence-corrected chi connectivity index (χ3v) is 2.76. The highest BCUT2D eigenvalue weighted by atomic mass is 16.5.